The minimum Gasteiger partial charge on any atom is -0.359 e. The lowest BCUT2D eigenvalue weighted by Gasteiger charge is -2.50. The van der Waals surface area contributed by atoms with Gasteiger partial charge in [0.05, 0.1) is 6.10 Å². The number of hydrogen-bond donors (Lipinski definition) is 0. The average Bonchev–Trinajstić information content (AvgIpc) is 2.38. The molecule has 0 spiro atoms. The van der Waals surface area contributed by atoms with Crippen molar-refractivity contribution in [1.82, 2.24) is 0 Å². The molecule has 0 radical (unpaired) electrons. The van der Waals surface area contributed by atoms with Gasteiger partial charge in [-0.25, -0.2) is 0 Å². The SMILES string of the molecule is COCOC(C)C1(C)CC2=C(CCCC2(C)C)CC1C. The van der Waals surface area contributed by atoms with Crippen LogP contribution in [0.2, 0.25) is 0 Å². The van der Waals surface area contributed by atoms with Crippen LogP contribution in [0.5, 0.6) is 0 Å². The fourth-order valence-corrected chi connectivity index (χ4v) is 4.18. The Hall–Kier alpha value is -0.340. The first-order chi connectivity index (χ1) is 9.31. The standard InChI is InChI=1S/C18H32O2/c1-13-10-15-8-7-9-17(3,4)16(15)11-18(13,5)14(2)20-12-19-6/h13-14H,7-12H2,1-6H3. The summed E-state index contributed by atoms with van der Waals surface area (Å²) in [5.41, 5.74) is 4.10. The van der Waals surface area contributed by atoms with Gasteiger partial charge in [-0.3, -0.25) is 0 Å². The third kappa shape index (κ3) is 2.82. The van der Waals surface area contributed by atoms with E-state index in [1.807, 2.05) is 0 Å². The van der Waals surface area contributed by atoms with Crippen molar-refractivity contribution >= 4 is 0 Å². The predicted octanol–water partition coefficient (Wildman–Crippen LogP) is 4.94. The van der Waals surface area contributed by atoms with Crippen molar-refractivity contribution in [2.45, 2.75) is 72.8 Å². The van der Waals surface area contributed by atoms with Gasteiger partial charge in [0.15, 0.2) is 0 Å². The lowest BCUT2D eigenvalue weighted by molar-refractivity contribution is -0.123. The molecule has 0 saturated carbocycles. The molecule has 0 saturated heterocycles. The fourth-order valence-electron chi connectivity index (χ4n) is 4.18. The number of ether oxygens (including phenoxy) is 2. The summed E-state index contributed by atoms with van der Waals surface area (Å²) in [6.07, 6.45) is 6.72. The quantitative estimate of drug-likeness (QED) is 0.536. The number of rotatable bonds is 4. The molecule has 0 aromatic heterocycles. The molecule has 0 heterocycles. The van der Waals surface area contributed by atoms with Gasteiger partial charge in [-0.2, -0.15) is 0 Å². The van der Waals surface area contributed by atoms with E-state index in [4.69, 9.17) is 9.47 Å². The van der Waals surface area contributed by atoms with E-state index in [1.165, 1.54) is 32.1 Å². The number of hydrogen-bond acceptors (Lipinski definition) is 2. The Labute approximate surface area is 124 Å². The van der Waals surface area contributed by atoms with Crippen LogP contribution in [-0.4, -0.2) is 20.0 Å². The molecule has 2 aliphatic rings. The molecule has 2 rings (SSSR count). The Bertz CT molecular complexity index is 383. The Kier molecular flexibility index (Phi) is 4.66. The topological polar surface area (TPSA) is 18.5 Å². The highest BCUT2D eigenvalue weighted by atomic mass is 16.7. The van der Waals surface area contributed by atoms with E-state index in [0.29, 0.717) is 18.1 Å². The number of allylic oxidation sites excluding steroid dienone is 2. The van der Waals surface area contributed by atoms with E-state index in [1.54, 1.807) is 18.3 Å². The van der Waals surface area contributed by atoms with Crippen molar-refractivity contribution in [2.24, 2.45) is 16.7 Å². The molecule has 0 bridgehead atoms. The molecule has 3 unspecified atom stereocenters. The minimum absolute atomic E-state index is 0.228. The van der Waals surface area contributed by atoms with Crippen molar-refractivity contribution in [3.8, 4) is 0 Å². The summed E-state index contributed by atoms with van der Waals surface area (Å²) >= 11 is 0. The Morgan fingerprint density at radius 2 is 2.00 bits per heavy atom. The Morgan fingerprint density at radius 1 is 1.30 bits per heavy atom. The van der Waals surface area contributed by atoms with Crippen LogP contribution in [-0.2, 0) is 9.47 Å². The van der Waals surface area contributed by atoms with Gasteiger partial charge in [0.1, 0.15) is 6.79 Å². The second kappa shape index (κ2) is 5.81. The highest BCUT2D eigenvalue weighted by Gasteiger charge is 2.45. The fraction of sp³-hybridized carbons (Fsp3) is 0.889. The van der Waals surface area contributed by atoms with Crippen LogP contribution < -0.4 is 0 Å². The first-order valence-electron chi connectivity index (χ1n) is 8.13. The first kappa shape index (κ1) is 16.0. The second-order valence-corrected chi connectivity index (χ2v) is 7.82. The zero-order valence-electron chi connectivity index (χ0n) is 14.2. The highest BCUT2D eigenvalue weighted by molar-refractivity contribution is 5.29. The molecule has 20 heavy (non-hydrogen) atoms. The third-order valence-electron chi connectivity index (χ3n) is 6.12. The van der Waals surface area contributed by atoms with E-state index in [-0.39, 0.29) is 11.5 Å². The van der Waals surface area contributed by atoms with Gasteiger partial charge in [-0.1, -0.05) is 38.8 Å². The smallest absolute Gasteiger partial charge is 0.146 e. The van der Waals surface area contributed by atoms with Gasteiger partial charge >= 0.3 is 0 Å². The van der Waals surface area contributed by atoms with Gasteiger partial charge in [-0.15, -0.1) is 0 Å². The van der Waals surface area contributed by atoms with Crippen molar-refractivity contribution in [1.29, 1.82) is 0 Å². The van der Waals surface area contributed by atoms with Crippen molar-refractivity contribution < 1.29 is 9.47 Å². The van der Waals surface area contributed by atoms with Crippen LogP contribution in [0, 0.1) is 16.7 Å². The summed E-state index contributed by atoms with van der Waals surface area (Å²) in [6.45, 7) is 12.3. The molecular formula is C18H32O2. The molecule has 3 atom stereocenters. The molecule has 2 heteroatoms. The molecule has 0 N–H and O–H groups in total. The van der Waals surface area contributed by atoms with Crippen LogP contribution in [0.15, 0.2) is 11.1 Å². The van der Waals surface area contributed by atoms with E-state index in [2.05, 4.69) is 34.6 Å². The molecule has 0 aromatic rings. The maximum Gasteiger partial charge on any atom is 0.146 e. The Balaban J connectivity index is 2.23. The summed E-state index contributed by atoms with van der Waals surface area (Å²) in [7, 11) is 1.70. The minimum atomic E-state index is 0.228. The van der Waals surface area contributed by atoms with Crippen molar-refractivity contribution in [3.63, 3.8) is 0 Å². The van der Waals surface area contributed by atoms with E-state index in [9.17, 15) is 0 Å². The number of methoxy groups -OCH3 is 1. The second-order valence-electron chi connectivity index (χ2n) is 7.82. The highest BCUT2D eigenvalue weighted by Crippen LogP contribution is 2.55. The normalized spacial score (nSPS) is 34.8. The molecule has 0 aliphatic heterocycles. The van der Waals surface area contributed by atoms with Gasteiger partial charge in [0.2, 0.25) is 0 Å². The lowest BCUT2D eigenvalue weighted by atomic mass is 9.57. The molecule has 0 amide bonds. The zero-order chi connectivity index (χ0) is 15.0. The summed E-state index contributed by atoms with van der Waals surface area (Å²) in [4.78, 5) is 0. The summed E-state index contributed by atoms with van der Waals surface area (Å²) in [6, 6.07) is 0. The Morgan fingerprint density at radius 3 is 2.65 bits per heavy atom. The van der Waals surface area contributed by atoms with E-state index < -0.39 is 0 Å². The maximum atomic E-state index is 5.91. The van der Waals surface area contributed by atoms with Crippen LogP contribution in [0.1, 0.15) is 66.7 Å². The van der Waals surface area contributed by atoms with Crippen LogP contribution in [0.3, 0.4) is 0 Å². The predicted molar refractivity (Wildman–Crippen MR) is 83.6 cm³/mol. The van der Waals surface area contributed by atoms with Crippen LogP contribution in [0.25, 0.3) is 0 Å². The summed E-state index contributed by atoms with van der Waals surface area (Å²) < 4.78 is 11.0. The summed E-state index contributed by atoms with van der Waals surface area (Å²) in [5, 5.41) is 0. The van der Waals surface area contributed by atoms with Crippen LogP contribution in [0.4, 0.5) is 0 Å². The molecule has 0 aromatic carbocycles. The molecule has 2 aliphatic carbocycles. The van der Waals surface area contributed by atoms with Crippen molar-refractivity contribution in [2.75, 3.05) is 13.9 Å². The van der Waals surface area contributed by atoms with Gasteiger partial charge in [0, 0.05) is 12.5 Å². The summed E-state index contributed by atoms with van der Waals surface area (Å²) in [5.74, 6) is 0.682. The molecule has 116 valence electrons. The van der Waals surface area contributed by atoms with Gasteiger partial charge in [-0.05, 0) is 50.4 Å². The average molecular weight is 280 g/mol. The van der Waals surface area contributed by atoms with Crippen molar-refractivity contribution in [3.05, 3.63) is 11.1 Å². The molecule has 0 fully saturated rings. The zero-order valence-corrected chi connectivity index (χ0v) is 14.2. The van der Waals surface area contributed by atoms with E-state index in [0.717, 1.165) is 0 Å². The third-order valence-corrected chi connectivity index (χ3v) is 6.12. The van der Waals surface area contributed by atoms with E-state index >= 15 is 0 Å². The largest absolute Gasteiger partial charge is 0.359 e. The molecule has 2 nitrogen and oxygen atoms in total. The van der Waals surface area contributed by atoms with Gasteiger partial charge < -0.3 is 9.47 Å². The van der Waals surface area contributed by atoms with Crippen LogP contribution >= 0.6 is 0 Å². The monoisotopic (exact) mass is 280 g/mol. The first-order valence-corrected chi connectivity index (χ1v) is 8.13. The van der Waals surface area contributed by atoms with Gasteiger partial charge in [0.25, 0.3) is 0 Å². The lowest BCUT2D eigenvalue weighted by Crippen LogP contribution is -2.44. The maximum absolute atomic E-state index is 5.91. The molecular weight excluding hydrogens is 248 g/mol.